The Morgan fingerprint density at radius 2 is 1.51 bits per heavy atom. The van der Waals surface area contributed by atoms with Crippen LogP contribution in [0.3, 0.4) is 0 Å². The largest absolute Gasteiger partial charge is 0.490 e. The Balaban J connectivity index is 0.000000448. The quantitative estimate of drug-likeness (QED) is 0.241. The molecular weight excluding hydrogens is 511 g/mol. The number of aryl methyl sites for hydroxylation is 1. The van der Waals surface area contributed by atoms with E-state index >= 15 is 0 Å². The third-order valence-corrected chi connectivity index (χ3v) is 5.23. The first-order valence-electron chi connectivity index (χ1n) is 11.5. The van der Waals surface area contributed by atoms with Gasteiger partial charge in [0.1, 0.15) is 6.33 Å². The number of benzene rings is 3. The van der Waals surface area contributed by atoms with Crippen LogP contribution in [0.4, 0.5) is 36.2 Å². The van der Waals surface area contributed by atoms with E-state index < -0.39 is 12.1 Å². The molecule has 0 bridgehead atoms. The van der Waals surface area contributed by atoms with Gasteiger partial charge in [-0.15, -0.1) is 10.2 Å². The van der Waals surface area contributed by atoms with Crippen molar-refractivity contribution in [1.82, 2.24) is 24.7 Å². The number of anilines is 4. The fourth-order valence-corrected chi connectivity index (χ4v) is 3.40. The van der Waals surface area contributed by atoms with Gasteiger partial charge in [0.15, 0.2) is 5.82 Å². The number of aromatic nitrogens is 5. The number of halogens is 3. The summed E-state index contributed by atoms with van der Waals surface area (Å²) in [7, 11) is 1.92. The van der Waals surface area contributed by atoms with Crippen LogP contribution in [-0.4, -0.2) is 42.0 Å². The number of nitrogens with one attached hydrogen (secondary N) is 2. The summed E-state index contributed by atoms with van der Waals surface area (Å²) >= 11 is 0. The van der Waals surface area contributed by atoms with Crippen LogP contribution in [0.25, 0.3) is 22.6 Å². The van der Waals surface area contributed by atoms with Gasteiger partial charge in [-0.3, -0.25) is 0 Å². The fourth-order valence-electron chi connectivity index (χ4n) is 3.40. The average molecular weight is 534 g/mol. The second-order valence-electron chi connectivity index (χ2n) is 8.11. The van der Waals surface area contributed by atoms with E-state index in [-0.39, 0.29) is 0 Å². The van der Waals surface area contributed by atoms with Crippen molar-refractivity contribution < 1.29 is 23.1 Å². The lowest BCUT2D eigenvalue weighted by Crippen LogP contribution is -2.21. The topological polar surface area (TPSA) is 118 Å². The van der Waals surface area contributed by atoms with Crippen LogP contribution in [0.5, 0.6) is 0 Å². The number of para-hydroxylation sites is 1. The number of carboxylic acids is 1. The zero-order chi connectivity index (χ0) is 27.8. The second kappa shape index (κ2) is 11.9. The molecule has 3 aromatic carbocycles. The number of aliphatic carboxylic acids is 1. The lowest BCUT2D eigenvalue weighted by molar-refractivity contribution is -0.192. The summed E-state index contributed by atoms with van der Waals surface area (Å²) in [5, 5.41) is 21.9. The SMILES string of the molecule is Cn1cnnc1-c1ccc(Nc2nccc(-c3cccc(Nc4ccccc4)c3)n2)cc1.O=C(O)C(F)(F)F. The molecule has 0 atom stereocenters. The molecule has 0 radical (unpaired) electrons. The maximum absolute atomic E-state index is 10.6. The predicted octanol–water partition coefficient (Wildman–Crippen LogP) is 6.06. The molecule has 0 aliphatic rings. The molecule has 0 spiro atoms. The third kappa shape index (κ3) is 7.38. The average Bonchev–Trinajstić information content (AvgIpc) is 3.36. The van der Waals surface area contributed by atoms with Crippen LogP contribution in [0.15, 0.2) is 97.5 Å². The molecule has 0 unspecified atom stereocenters. The Labute approximate surface area is 221 Å². The smallest absolute Gasteiger partial charge is 0.475 e. The molecule has 198 valence electrons. The van der Waals surface area contributed by atoms with E-state index in [1.165, 1.54) is 0 Å². The van der Waals surface area contributed by atoms with Gasteiger partial charge in [-0.25, -0.2) is 14.8 Å². The number of carboxylic acid groups (broad SMARTS) is 1. The van der Waals surface area contributed by atoms with Crippen LogP contribution < -0.4 is 10.6 Å². The minimum absolute atomic E-state index is 0.537. The maximum Gasteiger partial charge on any atom is 0.490 e. The van der Waals surface area contributed by atoms with Crippen molar-refractivity contribution in [2.75, 3.05) is 10.6 Å². The molecule has 0 fully saturated rings. The highest BCUT2D eigenvalue weighted by Gasteiger charge is 2.38. The molecule has 12 heteroatoms. The van der Waals surface area contributed by atoms with Gasteiger partial charge in [0.25, 0.3) is 0 Å². The van der Waals surface area contributed by atoms with Crippen LogP contribution in [-0.2, 0) is 11.8 Å². The summed E-state index contributed by atoms with van der Waals surface area (Å²) in [6.45, 7) is 0. The molecule has 3 N–H and O–H groups in total. The monoisotopic (exact) mass is 533 g/mol. The first kappa shape index (κ1) is 26.8. The molecule has 0 saturated carbocycles. The first-order valence-corrected chi connectivity index (χ1v) is 11.5. The number of alkyl halides is 3. The van der Waals surface area contributed by atoms with Crippen LogP contribution in [0, 0.1) is 0 Å². The normalized spacial score (nSPS) is 10.8. The van der Waals surface area contributed by atoms with Gasteiger partial charge in [0.05, 0.1) is 5.69 Å². The van der Waals surface area contributed by atoms with Gasteiger partial charge in [-0.05, 0) is 54.6 Å². The molecule has 0 aliphatic carbocycles. The summed E-state index contributed by atoms with van der Waals surface area (Å²) in [5.41, 5.74) is 5.78. The predicted molar refractivity (Wildman–Crippen MR) is 141 cm³/mol. The van der Waals surface area contributed by atoms with Crippen LogP contribution >= 0.6 is 0 Å². The molecule has 39 heavy (non-hydrogen) atoms. The highest BCUT2D eigenvalue weighted by molar-refractivity contribution is 5.73. The molecule has 0 aliphatic heterocycles. The van der Waals surface area contributed by atoms with E-state index in [2.05, 4.69) is 31.9 Å². The van der Waals surface area contributed by atoms with Crippen LogP contribution in [0.1, 0.15) is 0 Å². The number of hydrogen-bond donors (Lipinski definition) is 3. The molecule has 0 saturated heterocycles. The Morgan fingerprint density at radius 3 is 2.15 bits per heavy atom. The first-order chi connectivity index (χ1) is 18.7. The van der Waals surface area contributed by atoms with E-state index in [4.69, 9.17) is 14.9 Å². The van der Waals surface area contributed by atoms with Crippen molar-refractivity contribution >= 4 is 29.0 Å². The Hall–Kier alpha value is -5.26. The van der Waals surface area contributed by atoms with Crippen molar-refractivity contribution in [2.45, 2.75) is 6.18 Å². The minimum Gasteiger partial charge on any atom is -0.475 e. The highest BCUT2D eigenvalue weighted by atomic mass is 19.4. The maximum atomic E-state index is 10.6. The van der Waals surface area contributed by atoms with Gasteiger partial charge >= 0.3 is 12.1 Å². The van der Waals surface area contributed by atoms with Crippen molar-refractivity contribution in [3.05, 3.63) is 97.5 Å². The Morgan fingerprint density at radius 1 is 0.846 bits per heavy atom. The van der Waals surface area contributed by atoms with Crippen molar-refractivity contribution in [1.29, 1.82) is 0 Å². The Kier molecular flexibility index (Phi) is 8.15. The van der Waals surface area contributed by atoms with E-state index in [1.807, 2.05) is 90.5 Å². The van der Waals surface area contributed by atoms with E-state index in [0.29, 0.717) is 5.95 Å². The third-order valence-electron chi connectivity index (χ3n) is 5.23. The number of carbonyl (C=O) groups is 1. The molecule has 2 aromatic heterocycles. The second-order valence-corrected chi connectivity index (χ2v) is 8.11. The lowest BCUT2D eigenvalue weighted by Gasteiger charge is -2.10. The summed E-state index contributed by atoms with van der Waals surface area (Å²) < 4.78 is 33.6. The van der Waals surface area contributed by atoms with Crippen molar-refractivity contribution in [3.63, 3.8) is 0 Å². The summed E-state index contributed by atoms with van der Waals surface area (Å²) in [6, 6.07) is 28.1. The van der Waals surface area contributed by atoms with Gasteiger partial charge in [-0.2, -0.15) is 13.2 Å². The number of nitrogens with zero attached hydrogens (tertiary/aromatic N) is 5. The van der Waals surface area contributed by atoms with Crippen LogP contribution in [0.2, 0.25) is 0 Å². The molecule has 0 amide bonds. The molecular formula is C27H22F3N7O2. The number of hydrogen-bond acceptors (Lipinski definition) is 7. The molecule has 9 nitrogen and oxygen atoms in total. The number of rotatable bonds is 6. The lowest BCUT2D eigenvalue weighted by atomic mass is 10.1. The Bertz CT molecular complexity index is 1540. The minimum atomic E-state index is -5.08. The van der Waals surface area contributed by atoms with Gasteiger partial charge < -0.3 is 20.3 Å². The summed E-state index contributed by atoms with van der Waals surface area (Å²) in [5.74, 6) is -1.40. The summed E-state index contributed by atoms with van der Waals surface area (Å²) in [4.78, 5) is 18.0. The zero-order valence-electron chi connectivity index (χ0n) is 20.5. The summed E-state index contributed by atoms with van der Waals surface area (Å²) in [6.07, 6.45) is -1.64. The molecule has 2 heterocycles. The molecule has 5 rings (SSSR count). The van der Waals surface area contributed by atoms with Crippen molar-refractivity contribution in [3.8, 4) is 22.6 Å². The standard InChI is InChI=1S/C25H21N7.C2HF3O2/c1-32-17-27-31-24(32)18-10-12-21(13-11-18)29-25-26-15-14-23(30-25)19-6-5-9-22(16-19)28-20-7-3-2-4-8-20;3-2(4,5)1(6)7/h2-17,28H,1H3,(H,26,29,30);(H,6,7). The van der Waals surface area contributed by atoms with Gasteiger partial charge in [0, 0.05) is 41.4 Å². The fraction of sp³-hybridized carbons (Fsp3) is 0.0741. The van der Waals surface area contributed by atoms with Crippen molar-refractivity contribution in [2.24, 2.45) is 7.05 Å². The highest BCUT2D eigenvalue weighted by Crippen LogP contribution is 2.25. The van der Waals surface area contributed by atoms with Gasteiger partial charge in [-0.1, -0.05) is 30.3 Å². The van der Waals surface area contributed by atoms with Gasteiger partial charge in [0.2, 0.25) is 5.95 Å². The zero-order valence-corrected chi connectivity index (χ0v) is 20.5. The van der Waals surface area contributed by atoms with E-state index in [9.17, 15) is 13.2 Å². The molecule has 5 aromatic rings. The van der Waals surface area contributed by atoms with E-state index in [1.54, 1.807) is 12.5 Å². The van der Waals surface area contributed by atoms with E-state index in [0.717, 1.165) is 39.7 Å².